The molecule has 0 aliphatic carbocycles. The summed E-state index contributed by atoms with van der Waals surface area (Å²) in [6, 6.07) is 6.89. The molecule has 0 aromatic heterocycles. The van der Waals surface area contributed by atoms with Crippen LogP contribution in [0.5, 0.6) is 0 Å². The van der Waals surface area contributed by atoms with Crippen LogP contribution in [0.2, 0.25) is 0 Å². The summed E-state index contributed by atoms with van der Waals surface area (Å²) in [4.78, 5) is 8.94. The molecule has 3 aliphatic heterocycles. The first-order chi connectivity index (χ1) is 9.71. The lowest BCUT2D eigenvalue weighted by Crippen LogP contribution is -2.60. The number of aliphatic imine (C=N–C) groups is 1. The summed E-state index contributed by atoms with van der Waals surface area (Å²) in [6.07, 6.45) is 2.17. The summed E-state index contributed by atoms with van der Waals surface area (Å²) in [5, 5.41) is 0. The van der Waals surface area contributed by atoms with E-state index in [1.807, 2.05) is 17.0 Å². The van der Waals surface area contributed by atoms with Crippen LogP contribution in [0.15, 0.2) is 29.3 Å². The molecule has 3 unspecified atom stereocenters. The van der Waals surface area contributed by atoms with Gasteiger partial charge in [0.15, 0.2) is 5.96 Å². The molecule has 1 aromatic carbocycles. The van der Waals surface area contributed by atoms with E-state index in [0.29, 0.717) is 24.1 Å². The van der Waals surface area contributed by atoms with Gasteiger partial charge in [0.1, 0.15) is 5.82 Å². The van der Waals surface area contributed by atoms with Crippen molar-refractivity contribution in [1.82, 2.24) is 4.90 Å². The van der Waals surface area contributed by atoms with Crippen LogP contribution in [-0.2, 0) is 0 Å². The van der Waals surface area contributed by atoms with E-state index >= 15 is 0 Å². The summed E-state index contributed by atoms with van der Waals surface area (Å²) in [6.45, 7) is 4.00. The standard InChI is InChI=1S/C15H19FN4/c16-12-3-1-2-4-13(12)20-14(17)18-10-15(20)6-8-19-7-5-11(15)9-19/h1-4,11H,5-10H2,(H2,17,18). The first-order valence-electron chi connectivity index (χ1n) is 7.28. The third kappa shape index (κ3) is 1.53. The van der Waals surface area contributed by atoms with Crippen LogP contribution < -0.4 is 10.6 Å². The zero-order valence-electron chi connectivity index (χ0n) is 11.4. The molecule has 2 N–H and O–H groups in total. The normalized spacial score (nSPS) is 35.6. The van der Waals surface area contributed by atoms with Gasteiger partial charge >= 0.3 is 0 Å². The van der Waals surface area contributed by atoms with E-state index in [4.69, 9.17) is 5.73 Å². The van der Waals surface area contributed by atoms with Crippen molar-refractivity contribution in [1.29, 1.82) is 0 Å². The molecule has 2 bridgehead atoms. The molecule has 0 saturated carbocycles. The molecule has 0 amide bonds. The van der Waals surface area contributed by atoms with Crippen LogP contribution in [-0.4, -0.2) is 42.6 Å². The molecule has 20 heavy (non-hydrogen) atoms. The van der Waals surface area contributed by atoms with E-state index in [0.717, 1.165) is 32.5 Å². The summed E-state index contributed by atoms with van der Waals surface area (Å²) >= 11 is 0. The smallest absolute Gasteiger partial charge is 0.196 e. The monoisotopic (exact) mass is 274 g/mol. The van der Waals surface area contributed by atoms with E-state index in [2.05, 4.69) is 9.89 Å². The van der Waals surface area contributed by atoms with Gasteiger partial charge < -0.3 is 15.5 Å². The second kappa shape index (κ2) is 4.19. The largest absolute Gasteiger partial charge is 0.369 e. The zero-order valence-corrected chi connectivity index (χ0v) is 11.4. The number of hydrogen-bond acceptors (Lipinski definition) is 4. The Morgan fingerprint density at radius 3 is 3.00 bits per heavy atom. The van der Waals surface area contributed by atoms with Gasteiger partial charge in [-0.1, -0.05) is 12.1 Å². The van der Waals surface area contributed by atoms with Gasteiger partial charge in [0.2, 0.25) is 0 Å². The van der Waals surface area contributed by atoms with Crippen molar-refractivity contribution < 1.29 is 4.39 Å². The molecule has 5 heteroatoms. The van der Waals surface area contributed by atoms with Gasteiger partial charge in [0.05, 0.1) is 17.8 Å². The number of nitrogens with zero attached hydrogens (tertiary/aromatic N) is 3. The minimum Gasteiger partial charge on any atom is -0.369 e. The van der Waals surface area contributed by atoms with Crippen LogP contribution in [0.3, 0.4) is 0 Å². The molecule has 0 radical (unpaired) electrons. The highest BCUT2D eigenvalue weighted by Crippen LogP contribution is 2.44. The Kier molecular flexibility index (Phi) is 2.54. The highest BCUT2D eigenvalue weighted by Gasteiger charge is 2.53. The lowest BCUT2D eigenvalue weighted by atomic mass is 9.77. The highest BCUT2D eigenvalue weighted by atomic mass is 19.1. The van der Waals surface area contributed by atoms with Gasteiger partial charge in [-0.05, 0) is 37.4 Å². The minimum atomic E-state index is -0.215. The number of piperidine rings is 1. The average molecular weight is 274 g/mol. The third-order valence-electron chi connectivity index (χ3n) is 5.18. The fourth-order valence-electron chi connectivity index (χ4n) is 4.12. The Morgan fingerprint density at radius 2 is 2.15 bits per heavy atom. The molecule has 2 saturated heterocycles. The number of nitrogens with two attached hydrogens (primary N) is 1. The van der Waals surface area contributed by atoms with Gasteiger partial charge in [-0.2, -0.15) is 0 Å². The summed E-state index contributed by atoms with van der Waals surface area (Å²) in [7, 11) is 0. The Morgan fingerprint density at radius 1 is 1.30 bits per heavy atom. The van der Waals surface area contributed by atoms with E-state index in [1.165, 1.54) is 6.07 Å². The quantitative estimate of drug-likeness (QED) is 0.842. The lowest BCUT2D eigenvalue weighted by Gasteiger charge is -2.46. The molecule has 2 fully saturated rings. The average Bonchev–Trinajstić information content (AvgIpc) is 2.99. The van der Waals surface area contributed by atoms with Crippen molar-refractivity contribution in [3.05, 3.63) is 30.1 Å². The number of anilines is 1. The number of halogens is 1. The Hall–Kier alpha value is -1.62. The van der Waals surface area contributed by atoms with E-state index in [9.17, 15) is 4.39 Å². The van der Waals surface area contributed by atoms with Gasteiger partial charge in [-0.25, -0.2) is 4.39 Å². The summed E-state index contributed by atoms with van der Waals surface area (Å²) < 4.78 is 14.2. The number of fused-ring (bicyclic) bond motifs is 3. The highest BCUT2D eigenvalue weighted by molar-refractivity contribution is 5.98. The molecular weight excluding hydrogens is 255 g/mol. The fourth-order valence-corrected chi connectivity index (χ4v) is 4.12. The fraction of sp³-hybridized carbons (Fsp3) is 0.533. The minimum absolute atomic E-state index is 0.112. The Labute approximate surface area is 118 Å². The molecule has 3 heterocycles. The van der Waals surface area contributed by atoms with Crippen LogP contribution >= 0.6 is 0 Å². The van der Waals surface area contributed by atoms with Crippen molar-refractivity contribution >= 4 is 11.6 Å². The molecule has 4 nitrogen and oxygen atoms in total. The number of hydrogen-bond donors (Lipinski definition) is 1. The van der Waals surface area contributed by atoms with Crippen LogP contribution in [0.4, 0.5) is 10.1 Å². The summed E-state index contributed by atoms with van der Waals surface area (Å²) in [5.41, 5.74) is 6.58. The number of rotatable bonds is 1. The van der Waals surface area contributed by atoms with E-state index < -0.39 is 0 Å². The number of para-hydroxylation sites is 1. The van der Waals surface area contributed by atoms with Crippen LogP contribution in [0, 0.1) is 11.7 Å². The molecule has 1 aromatic rings. The third-order valence-corrected chi connectivity index (χ3v) is 5.18. The van der Waals surface area contributed by atoms with Crippen LogP contribution in [0.1, 0.15) is 12.8 Å². The van der Waals surface area contributed by atoms with E-state index in [1.54, 1.807) is 6.07 Å². The molecule has 3 aliphatic rings. The SMILES string of the molecule is NC1=NCC2(CCN3CCC2C3)N1c1ccccc1F. The topological polar surface area (TPSA) is 44.9 Å². The van der Waals surface area contributed by atoms with Crippen molar-refractivity contribution in [2.45, 2.75) is 18.4 Å². The van der Waals surface area contributed by atoms with Gasteiger partial charge in [-0.3, -0.25) is 4.99 Å². The van der Waals surface area contributed by atoms with Crippen molar-refractivity contribution in [3.8, 4) is 0 Å². The number of guanidine groups is 1. The Balaban J connectivity index is 1.79. The Bertz CT molecular complexity index is 573. The van der Waals surface area contributed by atoms with Gasteiger partial charge in [0, 0.05) is 13.1 Å². The molecular formula is C15H19FN4. The molecule has 3 atom stereocenters. The van der Waals surface area contributed by atoms with Crippen molar-refractivity contribution in [2.75, 3.05) is 31.1 Å². The van der Waals surface area contributed by atoms with Crippen molar-refractivity contribution in [3.63, 3.8) is 0 Å². The molecule has 1 spiro atoms. The maximum atomic E-state index is 14.2. The molecule has 4 rings (SSSR count). The van der Waals surface area contributed by atoms with Crippen molar-refractivity contribution in [2.24, 2.45) is 16.6 Å². The first-order valence-corrected chi connectivity index (χ1v) is 7.28. The summed E-state index contributed by atoms with van der Waals surface area (Å²) in [5.74, 6) is 0.781. The predicted molar refractivity (Wildman–Crippen MR) is 77.3 cm³/mol. The first kappa shape index (κ1) is 12.1. The molecule has 106 valence electrons. The van der Waals surface area contributed by atoms with E-state index in [-0.39, 0.29) is 11.4 Å². The second-order valence-electron chi connectivity index (χ2n) is 6.10. The zero-order chi connectivity index (χ0) is 13.7. The maximum Gasteiger partial charge on any atom is 0.196 e. The number of benzene rings is 1. The van der Waals surface area contributed by atoms with Gasteiger partial charge in [0.25, 0.3) is 0 Å². The van der Waals surface area contributed by atoms with Crippen LogP contribution in [0.25, 0.3) is 0 Å². The lowest BCUT2D eigenvalue weighted by molar-refractivity contribution is 0.181. The maximum absolute atomic E-state index is 14.2. The predicted octanol–water partition coefficient (Wildman–Crippen LogP) is 1.42. The second-order valence-corrected chi connectivity index (χ2v) is 6.10. The van der Waals surface area contributed by atoms with Gasteiger partial charge in [-0.15, -0.1) is 0 Å².